The average molecular weight is 374 g/mol. The van der Waals surface area contributed by atoms with Gasteiger partial charge in [0.15, 0.2) is 0 Å². The van der Waals surface area contributed by atoms with E-state index in [9.17, 15) is 22.4 Å². The van der Waals surface area contributed by atoms with Gasteiger partial charge >= 0.3 is 5.97 Å². The third-order valence-corrected chi connectivity index (χ3v) is 5.34. The molecule has 3 unspecified atom stereocenters. The van der Waals surface area contributed by atoms with Crippen LogP contribution in [0.1, 0.15) is 27.7 Å². The molecule has 0 aliphatic carbocycles. The minimum absolute atomic E-state index is 0.436. The number of aliphatic carboxylic acids is 1. The zero-order chi connectivity index (χ0) is 19.4. The maximum atomic E-state index is 13.8. The van der Waals surface area contributed by atoms with Gasteiger partial charge < -0.3 is 10.4 Å². The Bertz CT molecular complexity index is 736. The molecule has 0 saturated carbocycles. The summed E-state index contributed by atoms with van der Waals surface area (Å²) in [7, 11) is -4.25. The molecular formula is C16H23FN2O5S. The van der Waals surface area contributed by atoms with Crippen molar-refractivity contribution in [2.75, 3.05) is 0 Å². The number of carboxylic acids is 1. The molecule has 0 aromatic heterocycles. The van der Waals surface area contributed by atoms with Gasteiger partial charge in [0, 0.05) is 6.04 Å². The summed E-state index contributed by atoms with van der Waals surface area (Å²) in [5, 5.41) is 11.5. The van der Waals surface area contributed by atoms with Crippen molar-refractivity contribution in [1.82, 2.24) is 10.0 Å². The second-order valence-corrected chi connectivity index (χ2v) is 7.88. The maximum absolute atomic E-state index is 13.8. The number of amides is 1. The van der Waals surface area contributed by atoms with Gasteiger partial charge in [-0.2, -0.15) is 4.72 Å². The van der Waals surface area contributed by atoms with Crippen LogP contribution in [0.4, 0.5) is 4.39 Å². The molecule has 0 saturated heterocycles. The molecule has 0 radical (unpaired) electrons. The predicted octanol–water partition coefficient (Wildman–Crippen LogP) is 1.35. The molecule has 0 aliphatic rings. The molecule has 0 heterocycles. The number of carboxylic acid groups (broad SMARTS) is 1. The molecule has 0 bridgehead atoms. The van der Waals surface area contributed by atoms with Crippen molar-refractivity contribution in [3.63, 3.8) is 0 Å². The second kappa shape index (κ2) is 8.39. The van der Waals surface area contributed by atoms with Crippen LogP contribution in [0.15, 0.2) is 29.2 Å². The topological polar surface area (TPSA) is 113 Å². The summed E-state index contributed by atoms with van der Waals surface area (Å²) < 4.78 is 40.7. The van der Waals surface area contributed by atoms with Crippen LogP contribution in [0, 0.1) is 17.7 Å². The molecule has 1 amide bonds. The fourth-order valence-corrected chi connectivity index (χ4v) is 3.46. The minimum Gasteiger partial charge on any atom is -0.481 e. The van der Waals surface area contributed by atoms with Crippen molar-refractivity contribution < 1.29 is 27.5 Å². The third-order valence-electron chi connectivity index (χ3n) is 3.87. The van der Waals surface area contributed by atoms with Crippen LogP contribution in [0.2, 0.25) is 0 Å². The second-order valence-electron chi connectivity index (χ2n) is 6.20. The molecule has 1 rings (SSSR count). The molecule has 0 spiro atoms. The minimum atomic E-state index is -4.25. The van der Waals surface area contributed by atoms with E-state index in [-0.39, 0.29) is 0 Å². The highest BCUT2D eigenvalue weighted by atomic mass is 32.2. The molecular weight excluding hydrogens is 351 g/mol. The Morgan fingerprint density at radius 3 is 2.16 bits per heavy atom. The van der Waals surface area contributed by atoms with Crippen LogP contribution in [0.5, 0.6) is 0 Å². The van der Waals surface area contributed by atoms with Gasteiger partial charge in [0.1, 0.15) is 16.8 Å². The van der Waals surface area contributed by atoms with Crippen LogP contribution in [-0.2, 0) is 19.6 Å². The van der Waals surface area contributed by atoms with E-state index in [0.29, 0.717) is 0 Å². The maximum Gasteiger partial charge on any atom is 0.308 e. The summed E-state index contributed by atoms with van der Waals surface area (Å²) in [6.07, 6.45) is 0. The van der Waals surface area contributed by atoms with E-state index in [2.05, 4.69) is 10.0 Å². The summed E-state index contributed by atoms with van der Waals surface area (Å²) in [6.45, 7) is 6.19. The van der Waals surface area contributed by atoms with E-state index in [1.165, 1.54) is 26.0 Å². The van der Waals surface area contributed by atoms with Gasteiger partial charge in [0.05, 0.1) is 5.92 Å². The smallest absolute Gasteiger partial charge is 0.308 e. The number of benzene rings is 1. The van der Waals surface area contributed by atoms with Crippen molar-refractivity contribution in [2.45, 2.75) is 44.7 Å². The third kappa shape index (κ3) is 5.50. The molecule has 25 heavy (non-hydrogen) atoms. The van der Waals surface area contributed by atoms with E-state index >= 15 is 0 Å². The van der Waals surface area contributed by atoms with Crippen molar-refractivity contribution in [1.29, 1.82) is 0 Å². The summed E-state index contributed by atoms with van der Waals surface area (Å²) in [5.41, 5.74) is 0. The van der Waals surface area contributed by atoms with Crippen LogP contribution in [0.25, 0.3) is 0 Å². The van der Waals surface area contributed by atoms with Crippen LogP contribution in [-0.4, -0.2) is 37.5 Å². The molecule has 3 atom stereocenters. The summed E-state index contributed by atoms with van der Waals surface area (Å²) in [6, 6.07) is 2.96. The van der Waals surface area contributed by atoms with Gasteiger partial charge in [0.2, 0.25) is 15.9 Å². The molecule has 9 heteroatoms. The monoisotopic (exact) mass is 374 g/mol. The zero-order valence-electron chi connectivity index (χ0n) is 14.5. The van der Waals surface area contributed by atoms with E-state index < -0.39 is 56.5 Å². The van der Waals surface area contributed by atoms with Crippen LogP contribution in [0.3, 0.4) is 0 Å². The molecule has 3 N–H and O–H groups in total. The number of rotatable bonds is 8. The zero-order valence-corrected chi connectivity index (χ0v) is 15.3. The first-order valence-corrected chi connectivity index (χ1v) is 9.25. The van der Waals surface area contributed by atoms with Crippen molar-refractivity contribution in [3.8, 4) is 0 Å². The lowest BCUT2D eigenvalue weighted by Gasteiger charge is -2.25. The van der Waals surface area contributed by atoms with Gasteiger partial charge in [0.25, 0.3) is 0 Å². The molecule has 1 aromatic carbocycles. The van der Waals surface area contributed by atoms with Crippen molar-refractivity contribution in [3.05, 3.63) is 30.1 Å². The number of hydrogen-bond acceptors (Lipinski definition) is 4. The van der Waals surface area contributed by atoms with Crippen molar-refractivity contribution in [2.24, 2.45) is 11.8 Å². The first-order valence-electron chi connectivity index (χ1n) is 7.77. The van der Waals surface area contributed by atoms with E-state index in [0.717, 1.165) is 12.1 Å². The normalized spacial score (nSPS) is 15.4. The summed E-state index contributed by atoms with van der Waals surface area (Å²) in [5.74, 6) is -3.96. The summed E-state index contributed by atoms with van der Waals surface area (Å²) >= 11 is 0. The Morgan fingerprint density at radius 2 is 1.68 bits per heavy atom. The molecule has 0 aliphatic heterocycles. The number of nitrogens with one attached hydrogen (secondary N) is 2. The van der Waals surface area contributed by atoms with Gasteiger partial charge in [-0.05, 0) is 31.9 Å². The van der Waals surface area contributed by atoms with Gasteiger partial charge in [-0.15, -0.1) is 0 Å². The average Bonchev–Trinajstić information content (AvgIpc) is 2.51. The lowest BCUT2D eigenvalue weighted by Crippen LogP contribution is -2.53. The number of carbonyl (C=O) groups excluding carboxylic acids is 1. The number of hydrogen-bond donors (Lipinski definition) is 3. The molecule has 7 nitrogen and oxygen atoms in total. The number of carbonyl (C=O) groups is 2. The number of sulfonamides is 1. The first kappa shape index (κ1) is 21.0. The lowest BCUT2D eigenvalue weighted by atomic mass is 10.0. The Labute approximate surface area is 146 Å². The molecule has 140 valence electrons. The fraction of sp³-hybridized carbons (Fsp3) is 0.500. The standard InChI is InChI=1S/C16H23FN2O5S/c1-9(2)14(15(20)18-11(4)10(3)16(21)22)19-25(23,24)13-8-6-5-7-12(13)17/h5-11,14,19H,1-4H3,(H,18,20)(H,21,22). The van der Waals surface area contributed by atoms with Gasteiger partial charge in [-0.1, -0.05) is 26.0 Å². The first-order chi connectivity index (χ1) is 11.5. The quantitative estimate of drug-likeness (QED) is 0.636. The largest absolute Gasteiger partial charge is 0.481 e. The van der Waals surface area contributed by atoms with Gasteiger partial charge in [-0.3, -0.25) is 9.59 Å². The van der Waals surface area contributed by atoms with Crippen LogP contribution >= 0.6 is 0 Å². The van der Waals surface area contributed by atoms with Crippen molar-refractivity contribution >= 4 is 21.9 Å². The lowest BCUT2D eigenvalue weighted by molar-refractivity contribution is -0.142. The summed E-state index contributed by atoms with van der Waals surface area (Å²) in [4.78, 5) is 22.8. The van der Waals surface area contributed by atoms with Gasteiger partial charge in [-0.25, -0.2) is 12.8 Å². The van der Waals surface area contributed by atoms with E-state index in [1.54, 1.807) is 13.8 Å². The highest BCUT2D eigenvalue weighted by Gasteiger charge is 2.31. The Morgan fingerprint density at radius 1 is 1.12 bits per heavy atom. The SMILES string of the molecule is CC(C)C(NS(=O)(=O)c1ccccc1F)C(=O)NC(C)C(C)C(=O)O. The predicted molar refractivity (Wildman–Crippen MR) is 89.8 cm³/mol. The van der Waals surface area contributed by atoms with E-state index in [1.807, 2.05) is 0 Å². The number of halogens is 1. The van der Waals surface area contributed by atoms with Crippen LogP contribution < -0.4 is 10.0 Å². The van der Waals surface area contributed by atoms with E-state index in [4.69, 9.17) is 5.11 Å². The highest BCUT2D eigenvalue weighted by molar-refractivity contribution is 7.89. The Balaban J connectivity index is 2.99. The molecule has 1 aromatic rings. The molecule has 0 fully saturated rings. The Kier molecular flexibility index (Phi) is 7.06. The Hall–Kier alpha value is -2.00. The highest BCUT2D eigenvalue weighted by Crippen LogP contribution is 2.16. The fourth-order valence-electron chi connectivity index (χ4n) is 2.04.